The van der Waals surface area contributed by atoms with Crippen molar-refractivity contribution in [2.45, 2.75) is 25.5 Å². The highest BCUT2D eigenvalue weighted by Crippen LogP contribution is 2.24. The molecule has 0 bridgehead atoms. The topological polar surface area (TPSA) is 81.3 Å². The summed E-state index contributed by atoms with van der Waals surface area (Å²) in [4.78, 5) is 26.0. The van der Waals surface area contributed by atoms with Crippen LogP contribution < -0.4 is 10.9 Å². The number of fused-ring (bicyclic) bond motifs is 3. The van der Waals surface area contributed by atoms with Crippen LogP contribution in [0.15, 0.2) is 76.7 Å². The maximum absolute atomic E-state index is 13.5. The Bertz CT molecular complexity index is 1630. The van der Waals surface area contributed by atoms with E-state index in [0.717, 1.165) is 22.4 Å². The van der Waals surface area contributed by atoms with Crippen LogP contribution >= 0.6 is 11.8 Å². The van der Waals surface area contributed by atoms with Gasteiger partial charge in [-0.1, -0.05) is 53.7 Å². The minimum absolute atomic E-state index is 0.110. The molecule has 9 heteroatoms. The minimum atomic E-state index is -0.319. The number of para-hydroxylation sites is 1. The summed E-state index contributed by atoms with van der Waals surface area (Å²) in [5.74, 6) is -0.0160. The minimum Gasteiger partial charge on any atom is -0.351 e. The lowest BCUT2D eigenvalue weighted by atomic mass is 10.1. The molecule has 1 N–H and O–H groups in total. The van der Waals surface area contributed by atoms with Crippen LogP contribution in [0.1, 0.15) is 16.7 Å². The van der Waals surface area contributed by atoms with Crippen molar-refractivity contribution in [3.63, 3.8) is 0 Å². The fraction of sp³-hybridized carbons (Fsp3) is 0.154. The number of aromatic nitrogens is 4. The van der Waals surface area contributed by atoms with Crippen molar-refractivity contribution in [3.05, 3.63) is 99.6 Å². The molecule has 0 aliphatic rings. The summed E-state index contributed by atoms with van der Waals surface area (Å²) in [7, 11) is 0. The maximum Gasteiger partial charge on any atom is 0.267 e. The molecule has 0 aliphatic heterocycles. The van der Waals surface area contributed by atoms with Gasteiger partial charge in [-0.15, -0.1) is 10.2 Å². The molecule has 2 heterocycles. The first-order valence-electron chi connectivity index (χ1n) is 11.0. The second-order valence-electron chi connectivity index (χ2n) is 8.26. The van der Waals surface area contributed by atoms with E-state index in [2.05, 4.69) is 15.5 Å². The average molecular weight is 488 g/mol. The van der Waals surface area contributed by atoms with Crippen LogP contribution in [0.2, 0.25) is 0 Å². The molecule has 7 nitrogen and oxygen atoms in total. The molecule has 0 saturated heterocycles. The third-order valence-corrected chi connectivity index (χ3v) is 6.65. The Hall–Kier alpha value is -3.98. The van der Waals surface area contributed by atoms with E-state index >= 15 is 0 Å². The van der Waals surface area contributed by atoms with Gasteiger partial charge in [0.1, 0.15) is 5.82 Å². The van der Waals surface area contributed by atoms with Gasteiger partial charge >= 0.3 is 0 Å². The zero-order valence-electron chi connectivity index (χ0n) is 19.2. The van der Waals surface area contributed by atoms with Crippen LogP contribution in [0.5, 0.6) is 0 Å². The van der Waals surface area contributed by atoms with Crippen molar-refractivity contribution in [2.75, 3.05) is 5.75 Å². The number of carbonyl (C=O) groups is 1. The molecule has 1 amide bonds. The zero-order valence-corrected chi connectivity index (χ0v) is 20.0. The first kappa shape index (κ1) is 22.8. The number of aryl methyl sites for hydroxylation is 2. The predicted molar refractivity (Wildman–Crippen MR) is 135 cm³/mol. The highest BCUT2D eigenvalue weighted by atomic mass is 32.2. The lowest BCUT2D eigenvalue weighted by Gasteiger charge is -2.13. The van der Waals surface area contributed by atoms with Crippen molar-refractivity contribution in [1.82, 2.24) is 24.5 Å². The number of rotatable bonds is 6. The molecular weight excluding hydrogens is 465 g/mol. The Morgan fingerprint density at radius 3 is 2.57 bits per heavy atom. The Kier molecular flexibility index (Phi) is 6.08. The molecule has 3 aromatic carbocycles. The van der Waals surface area contributed by atoms with E-state index < -0.39 is 0 Å². The van der Waals surface area contributed by atoms with Gasteiger partial charge in [-0.25, -0.2) is 8.96 Å². The summed E-state index contributed by atoms with van der Waals surface area (Å²) in [5, 5.41) is 12.5. The smallest absolute Gasteiger partial charge is 0.267 e. The number of benzene rings is 3. The van der Waals surface area contributed by atoms with Gasteiger partial charge in [0.25, 0.3) is 5.56 Å². The fourth-order valence-corrected chi connectivity index (χ4v) is 4.80. The third-order valence-electron chi connectivity index (χ3n) is 5.72. The van der Waals surface area contributed by atoms with Gasteiger partial charge in [0.15, 0.2) is 5.16 Å². The van der Waals surface area contributed by atoms with Crippen LogP contribution in [0.4, 0.5) is 4.39 Å². The molecule has 0 radical (unpaired) electrons. The van der Waals surface area contributed by atoms with Gasteiger partial charge in [-0.3, -0.25) is 14.0 Å². The lowest BCUT2D eigenvalue weighted by molar-refractivity contribution is -0.118. The number of nitrogens with one attached hydrogen (secondary N) is 1. The zero-order chi connectivity index (χ0) is 24.5. The standard InChI is InChI=1S/C26H22FN5O2S/c1-16-7-12-21(17(2)13-16)31-24(34)20-5-3-4-6-22(20)32-25(31)29-30-26(32)35-15-23(33)28-14-18-8-10-19(27)11-9-18/h3-13H,14-15H2,1-2H3,(H,28,33). The van der Waals surface area contributed by atoms with Crippen molar-refractivity contribution in [3.8, 4) is 5.69 Å². The van der Waals surface area contributed by atoms with E-state index in [-0.39, 0.29) is 23.0 Å². The van der Waals surface area contributed by atoms with Crippen LogP contribution in [0.25, 0.3) is 22.4 Å². The Balaban J connectivity index is 1.49. The molecule has 0 aliphatic carbocycles. The van der Waals surface area contributed by atoms with Crippen molar-refractivity contribution in [1.29, 1.82) is 0 Å². The van der Waals surface area contributed by atoms with Crippen LogP contribution in [0.3, 0.4) is 0 Å². The normalized spacial score (nSPS) is 11.3. The van der Waals surface area contributed by atoms with Crippen molar-refractivity contribution < 1.29 is 9.18 Å². The van der Waals surface area contributed by atoms with Gasteiger partial charge in [0.05, 0.1) is 22.3 Å². The number of hydrogen-bond donors (Lipinski definition) is 1. The number of nitrogens with zero attached hydrogens (tertiary/aromatic N) is 4. The molecular formula is C26H22FN5O2S. The Morgan fingerprint density at radius 2 is 1.80 bits per heavy atom. The highest BCUT2D eigenvalue weighted by molar-refractivity contribution is 7.99. The van der Waals surface area contributed by atoms with E-state index in [9.17, 15) is 14.0 Å². The van der Waals surface area contributed by atoms with Crippen LogP contribution in [-0.2, 0) is 11.3 Å². The number of thioether (sulfide) groups is 1. The molecule has 5 rings (SSSR count). The van der Waals surface area contributed by atoms with E-state index in [1.807, 2.05) is 54.6 Å². The number of amides is 1. The Morgan fingerprint density at radius 1 is 1.03 bits per heavy atom. The molecule has 0 spiro atoms. The summed E-state index contributed by atoms with van der Waals surface area (Å²) >= 11 is 1.24. The summed E-state index contributed by atoms with van der Waals surface area (Å²) in [5.41, 5.74) is 4.08. The van der Waals surface area contributed by atoms with Gasteiger partial charge in [0, 0.05) is 6.54 Å². The molecule has 0 fully saturated rings. The molecule has 0 unspecified atom stereocenters. The maximum atomic E-state index is 13.5. The van der Waals surface area contributed by atoms with Crippen LogP contribution in [-0.4, -0.2) is 30.8 Å². The SMILES string of the molecule is Cc1ccc(-n2c(=O)c3ccccc3n3c(SCC(=O)NCc4ccc(F)cc4)nnc23)c(C)c1. The number of halogens is 1. The largest absolute Gasteiger partial charge is 0.351 e. The highest BCUT2D eigenvalue weighted by Gasteiger charge is 2.19. The Labute approximate surface area is 204 Å². The number of hydrogen-bond acceptors (Lipinski definition) is 5. The molecule has 5 aromatic rings. The summed E-state index contributed by atoms with van der Waals surface area (Å²) < 4.78 is 16.5. The van der Waals surface area contributed by atoms with Gasteiger partial charge < -0.3 is 5.32 Å². The van der Waals surface area contributed by atoms with Gasteiger partial charge in [-0.2, -0.15) is 0 Å². The summed E-state index contributed by atoms with van der Waals surface area (Å²) in [6.45, 7) is 4.26. The third kappa shape index (κ3) is 4.42. The molecule has 2 aromatic heterocycles. The summed E-state index contributed by atoms with van der Waals surface area (Å²) in [6.07, 6.45) is 0. The molecule has 35 heavy (non-hydrogen) atoms. The number of carbonyl (C=O) groups excluding carboxylic acids is 1. The second-order valence-corrected chi connectivity index (χ2v) is 9.20. The van der Waals surface area contributed by atoms with E-state index in [4.69, 9.17) is 0 Å². The van der Waals surface area contributed by atoms with E-state index in [1.165, 1.54) is 23.9 Å². The average Bonchev–Trinajstić information content (AvgIpc) is 3.27. The fourth-order valence-electron chi connectivity index (χ4n) is 4.03. The van der Waals surface area contributed by atoms with Crippen LogP contribution in [0, 0.1) is 19.7 Å². The van der Waals surface area contributed by atoms with E-state index in [1.54, 1.807) is 22.8 Å². The van der Waals surface area contributed by atoms with Gasteiger partial charge in [-0.05, 0) is 55.3 Å². The van der Waals surface area contributed by atoms with Gasteiger partial charge in [0.2, 0.25) is 11.7 Å². The molecule has 176 valence electrons. The predicted octanol–water partition coefficient (Wildman–Crippen LogP) is 4.20. The monoisotopic (exact) mass is 487 g/mol. The molecule has 0 saturated carbocycles. The first-order valence-corrected chi connectivity index (χ1v) is 12.0. The lowest BCUT2D eigenvalue weighted by Crippen LogP contribution is -2.25. The quantitative estimate of drug-likeness (QED) is 0.363. The second kappa shape index (κ2) is 9.34. The summed E-state index contributed by atoms with van der Waals surface area (Å²) in [6, 6.07) is 19.2. The van der Waals surface area contributed by atoms with Crippen molar-refractivity contribution in [2.24, 2.45) is 0 Å². The first-order chi connectivity index (χ1) is 16.9. The van der Waals surface area contributed by atoms with E-state index in [0.29, 0.717) is 28.4 Å². The van der Waals surface area contributed by atoms with Crippen molar-refractivity contribution >= 4 is 34.3 Å². The molecule has 0 atom stereocenters.